The number of hydrogen-bond acceptors (Lipinski definition) is 6. The molecule has 1 saturated carbocycles. The van der Waals surface area contributed by atoms with Crippen LogP contribution in [0.5, 0.6) is 0 Å². The number of pyridine rings is 1. The number of aromatic nitrogens is 1. The van der Waals surface area contributed by atoms with Gasteiger partial charge in [0.25, 0.3) is 10.1 Å². The predicted molar refractivity (Wildman–Crippen MR) is 134 cm³/mol. The van der Waals surface area contributed by atoms with Crippen LogP contribution in [0, 0.1) is 18.3 Å². The third-order valence-corrected chi connectivity index (χ3v) is 7.92. The van der Waals surface area contributed by atoms with Crippen molar-refractivity contribution in [3.63, 3.8) is 0 Å². The smallest absolute Gasteiger partial charge is 0.297 e. The Labute approximate surface area is 202 Å². The van der Waals surface area contributed by atoms with Gasteiger partial charge in [0.2, 0.25) is 0 Å². The van der Waals surface area contributed by atoms with Crippen molar-refractivity contribution in [2.75, 3.05) is 0 Å². The highest BCUT2D eigenvalue weighted by atomic mass is 32.2. The maximum atomic E-state index is 13.0. The van der Waals surface area contributed by atoms with Crippen LogP contribution in [0.15, 0.2) is 70.8 Å². The second-order valence-electron chi connectivity index (χ2n) is 10.1. The average molecular weight is 481 g/mol. The zero-order valence-electron chi connectivity index (χ0n) is 20.1. The van der Waals surface area contributed by atoms with Crippen molar-refractivity contribution in [3.05, 3.63) is 71.9 Å². The van der Waals surface area contributed by atoms with E-state index >= 15 is 0 Å². The van der Waals surface area contributed by atoms with Crippen LogP contribution in [0.2, 0.25) is 0 Å². The van der Waals surface area contributed by atoms with Gasteiger partial charge in [-0.25, -0.2) is 0 Å². The van der Waals surface area contributed by atoms with E-state index in [1.54, 1.807) is 36.7 Å². The predicted octanol–water partition coefficient (Wildman–Crippen LogP) is 5.88. The first-order valence-corrected chi connectivity index (χ1v) is 13.1. The zero-order valence-corrected chi connectivity index (χ0v) is 21.0. The van der Waals surface area contributed by atoms with Gasteiger partial charge in [0.05, 0.1) is 16.6 Å². The lowest BCUT2D eigenvalue weighted by atomic mass is 9.71. The highest BCUT2D eigenvalue weighted by molar-refractivity contribution is 7.86. The van der Waals surface area contributed by atoms with E-state index in [1.165, 1.54) is 0 Å². The lowest BCUT2D eigenvalue weighted by Gasteiger charge is -2.40. The molecular formula is C27H32N2O4S. The monoisotopic (exact) mass is 480 g/mol. The number of nitrogens with zero attached hydrogens (tertiary/aromatic N) is 2. The van der Waals surface area contributed by atoms with Gasteiger partial charge in [0.1, 0.15) is 6.10 Å². The molecular weight excluding hydrogens is 448 g/mol. The normalized spacial score (nSPS) is 21.7. The first-order chi connectivity index (χ1) is 16.1. The van der Waals surface area contributed by atoms with Gasteiger partial charge in [-0.05, 0) is 55.7 Å². The van der Waals surface area contributed by atoms with Crippen LogP contribution < -0.4 is 0 Å². The number of aryl methyl sites for hydroxylation is 1. The molecule has 1 aliphatic carbocycles. The molecule has 1 aromatic heterocycles. The Kier molecular flexibility index (Phi) is 7.05. The Morgan fingerprint density at radius 1 is 1.00 bits per heavy atom. The van der Waals surface area contributed by atoms with Gasteiger partial charge in [-0.2, -0.15) is 8.42 Å². The summed E-state index contributed by atoms with van der Waals surface area (Å²) in [6.07, 6.45) is 4.48. The molecule has 1 aliphatic rings. The van der Waals surface area contributed by atoms with Crippen molar-refractivity contribution in [1.29, 1.82) is 0 Å². The molecule has 0 bridgehead atoms. The largest absolute Gasteiger partial charge is 0.390 e. The topological polar surface area (TPSA) is 77.9 Å². The Balaban J connectivity index is 1.54. The molecule has 4 rings (SSSR count). The number of benzene rings is 2. The third kappa shape index (κ3) is 5.65. The number of fused-ring (bicyclic) bond motifs is 1. The summed E-state index contributed by atoms with van der Waals surface area (Å²) < 4.78 is 31.8. The molecule has 3 atom stereocenters. The zero-order chi connectivity index (χ0) is 24.3. The van der Waals surface area contributed by atoms with Crippen molar-refractivity contribution in [3.8, 4) is 0 Å². The van der Waals surface area contributed by atoms with Gasteiger partial charge in [-0.15, -0.1) is 0 Å². The van der Waals surface area contributed by atoms with Gasteiger partial charge >= 0.3 is 0 Å². The summed E-state index contributed by atoms with van der Waals surface area (Å²) in [5.41, 5.74) is 2.70. The van der Waals surface area contributed by atoms with Gasteiger partial charge < -0.3 is 4.84 Å². The van der Waals surface area contributed by atoms with Gasteiger partial charge in [-0.1, -0.05) is 67.9 Å². The van der Waals surface area contributed by atoms with E-state index in [0.29, 0.717) is 18.8 Å². The second kappa shape index (κ2) is 9.84. The third-order valence-electron chi connectivity index (χ3n) is 6.57. The highest BCUT2D eigenvalue weighted by Crippen LogP contribution is 2.40. The van der Waals surface area contributed by atoms with Crippen molar-refractivity contribution < 1.29 is 17.4 Å². The number of rotatable bonds is 6. The second-order valence-corrected chi connectivity index (χ2v) is 11.7. The minimum Gasteiger partial charge on any atom is -0.390 e. The van der Waals surface area contributed by atoms with Crippen LogP contribution in [-0.2, 0) is 19.1 Å². The van der Waals surface area contributed by atoms with E-state index in [4.69, 9.17) is 9.02 Å². The molecule has 6 nitrogen and oxygen atoms in total. The fourth-order valence-electron chi connectivity index (χ4n) is 4.43. The number of hydrogen-bond donors (Lipinski definition) is 0. The molecule has 0 spiro atoms. The minimum absolute atomic E-state index is 0.0398. The molecule has 1 fully saturated rings. The summed E-state index contributed by atoms with van der Waals surface area (Å²) in [5.74, 6) is 0.316. The van der Waals surface area contributed by atoms with E-state index in [1.807, 2.05) is 37.3 Å². The van der Waals surface area contributed by atoms with E-state index in [0.717, 1.165) is 28.5 Å². The van der Waals surface area contributed by atoms with Gasteiger partial charge in [-0.3, -0.25) is 9.17 Å². The lowest BCUT2D eigenvalue weighted by Crippen LogP contribution is -2.41. The van der Waals surface area contributed by atoms with Crippen LogP contribution >= 0.6 is 0 Å². The lowest BCUT2D eigenvalue weighted by molar-refractivity contribution is -0.0674. The summed E-state index contributed by atoms with van der Waals surface area (Å²) in [4.78, 5) is 10.5. The molecule has 7 heteroatoms. The summed E-state index contributed by atoms with van der Waals surface area (Å²) >= 11 is 0. The molecule has 0 amide bonds. The van der Waals surface area contributed by atoms with E-state index < -0.39 is 22.3 Å². The molecule has 0 N–H and O–H groups in total. The van der Waals surface area contributed by atoms with Crippen molar-refractivity contribution in [1.82, 2.24) is 4.98 Å². The Bertz CT molecular complexity index is 1260. The molecule has 34 heavy (non-hydrogen) atoms. The van der Waals surface area contributed by atoms with Gasteiger partial charge in [0, 0.05) is 17.1 Å². The molecule has 2 aromatic carbocycles. The van der Waals surface area contributed by atoms with Crippen molar-refractivity contribution in [2.45, 2.75) is 64.1 Å². The highest BCUT2D eigenvalue weighted by Gasteiger charge is 2.40. The summed E-state index contributed by atoms with van der Waals surface area (Å²) in [7, 11) is -3.93. The van der Waals surface area contributed by atoms with Crippen molar-refractivity contribution >= 4 is 27.2 Å². The van der Waals surface area contributed by atoms with E-state index in [2.05, 4.69) is 30.9 Å². The molecule has 0 aliphatic heterocycles. The molecule has 1 heterocycles. The summed E-state index contributed by atoms with van der Waals surface area (Å²) in [6.45, 7) is 8.45. The van der Waals surface area contributed by atoms with Crippen LogP contribution in [0.3, 0.4) is 0 Å². The molecule has 3 aromatic rings. The van der Waals surface area contributed by atoms with E-state index in [9.17, 15) is 8.42 Å². The van der Waals surface area contributed by atoms with Crippen LogP contribution in [0.4, 0.5) is 0 Å². The van der Waals surface area contributed by atoms with E-state index in [-0.39, 0.29) is 10.3 Å². The number of para-hydroxylation sites is 1. The average Bonchev–Trinajstić information content (AvgIpc) is 2.79. The Morgan fingerprint density at radius 3 is 2.47 bits per heavy atom. The van der Waals surface area contributed by atoms with Crippen LogP contribution in [0.25, 0.3) is 10.9 Å². The first-order valence-electron chi connectivity index (χ1n) is 11.7. The van der Waals surface area contributed by atoms with Crippen LogP contribution in [-0.4, -0.2) is 31.8 Å². The Morgan fingerprint density at radius 2 is 1.74 bits per heavy atom. The SMILES string of the molecule is Cc1ccc(S(=O)(=O)O[C@H]2C[C@@H](C(C)(C)C)CC[C@@H]2O/N=C/c2cccc3cccnc23)cc1. The maximum Gasteiger partial charge on any atom is 0.297 e. The van der Waals surface area contributed by atoms with Crippen molar-refractivity contribution in [2.24, 2.45) is 16.5 Å². The maximum absolute atomic E-state index is 13.0. The standard InChI is InChI=1S/C27H32N2O4S/c1-19-10-13-23(14-11-19)34(30,31)33-25-17-22(27(2,3)4)12-15-24(25)32-29-18-21-8-5-7-20-9-6-16-28-26(20)21/h5-11,13-14,16,18,22,24-25H,12,15,17H2,1-4H3/b29-18+/t22-,24-,25-/m0/s1. The quantitative estimate of drug-likeness (QED) is 0.250. The summed E-state index contributed by atoms with van der Waals surface area (Å²) in [6, 6.07) is 16.4. The molecule has 0 saturated heterocycles. The molecule has 180 valence electrons. The van der Waals surface area contributed by atoms with Gasteiger partial charge in [0.15, 0.2) is 6.10 Å². The fraction of sp³-hybridized carbons (Fsp3) is 0.407. The number of oxime groups is 1. The minimum atomic E-state index is -3.93. The molecule has 0 radical (unpaired) electrons. The Hall–Kier alpha value is -2.77. The van der Waals surface area contributed by atoms with Crippen LogP contribution in [0.1, 0.15) is 51.2 Å². The fourth-order valence-corrected chi connectivity index (χ4v) is 5.54. The summed E-state index contributed by atoms with van der Waals surface area (Å²) in [5, 5.41) is 5.24. The molecule has 0 unspecified atom stereocenters. The first kappa shape index (κ1) is 24.4.